The number of carbonyl (C=O) groups excluding carboxylic acids is 1. The number of nitrogens with one attached hydrogen (secondary N) is 2. The molecule has 0 aromatic carbocycles. The van der Waals surface area contributed by atoms with Gasteiger partial charge in [-0.25, -0.2) is 0 Å². The van der Waals surface area contributed by atoms with Gasteiger partial charge in [0.05, 0.1) is 11.6 Å². The van der Waals surface area contributed by atoms with E-state index >= 15 is 0 Å². The Morgan fingerprint density at radius 2 is 2.25 bits per heavy atom. The predicted octanol–water partition coefficient (Wildman–Crippen LogP) is 1.06. The molecule has 1 fully saturated rings. The molecule has 4 heteroatoms. The lowest BCUT2D eigenvalue weighted by atomic mass is 9.93. The number of hydrogen-bond acceptors (Lipinski definition) is 3. The molecule has 0 aromatic rings. The number of likely N-dealkylation sites (N-methyl/N-ethyl adjacent to an activating group) is 1. The summed E-state index contributed by atoms with van der Waals surface area (Å²) in [6.07, 6.45) is 1.93. The van der Waals surface area contributed by atoms with E-state index in [4.69, 9.17) is 4.74 Å². The summed E-state index contributed by atoms with van der Waals surface area (Å²) in [5.74, 6) is 0.0757. The smallest absolute Gasteiger partial charge is 0.236 e. The van der Waals surface area contributed by atoms with Crippen molar-refractivity contribution >= 4 is 5.91 Å². The highest BCUT2D eigenvalue weighted by Crippen LogP contribution is 2.24. The van der Waals surface area contributed by atoms with Gasteiger partial charge in [0, 0.05) is 19.2 Å². The molecule has 0 radical (unpaired) electrons. The Balaban J connectivity index is 2.39. The molecule has 0 spiro atoms. The van der Waals surface area contributed by atoms with E-state index in [-0.39, 0.29) is 17.6 Å². The summed E-state index contributed by atoms with van der Waals surface area (Å²) in [5.41, 5.74) is -0.0726. The fourth-order valence-corrected chi connectivity index (χ4v) is 2.13. The number of hydrogen-bond donors (Lipinski definition) is 2. The molecule has 0 aromatic heterocycles. The third-order valence-corrected chi connectivity index (χ3v) is 2.93. The van der Waals surface area contributed by atoms with E-state index in [9.17, 15) is 4.79 Å². The Labute approximate surface area is 98.1 Å². The first kappa shape index (κ1) is 13.5. The third kappa shape index (κ3) is 4.10. The van der Waals surface area contributed by atoms with Crippen LogP contribution in [0.2, 0.25) is 0 Å². The second-order valence-electron chi connectivity index (χ2n) is 5.08. The number of carbonyl (C=O) groups is 1. The monoisotopic (exact) mass is 228 g/mol. The van der Waals surface area contributed by atoms with Crippen molar-refractivity contribution in [2.24, 2.45) is 0 Å². The van der Waals surface area contributed by atoms with Crippen molar-refractivity contribution in [2.45, 2.75) is 58.2 Å². The van der Waals surface area contributed by atoms with Crippen LogP contribution in [0.25, 0.3) is 0 Å². The largest absolute Gasteiger partial charge is 0.375 e. The van der Waals surface area contributed by atoms with E-state index in [1.54, 1.807) is 0 Å². The summed E-state index contributed by atoms with van der Waals surface area (Å²) in [5, 5.41) is 6.19. The highest BCUT2D eigenvalue weighted by atomic mass is 16.5. The molecule has 1 aliphatic rings. The lowest BCUT2D eigenvalue weighted by Crippen LogP contribution is -2.51. The Morgan fingerprint density at radius 1 is 1.56 bits per heavy atom. The minimum Gasteiger partial charge on any atom is -0.375 e. The van der Waals surface area contributed by atoms with E-state index in [0.717, 1.165) is 19.4 Å². The fourth-order valence-electron chi connectivity index (χ4n) is 2.13. The van der Waals surface area contributed by atoms with E-state index < -0.39 is 0 Å². The summed E-state index contributed by atoms with van der Waals surface area (Å²) >= 11 is 0. The van der Waals surface area contributed by atoms with Gasteiger partial charge in [-0.3, -0.25) is 4.79 Å². The SMILES string of the molecule is CCNC(=O)C(C)NC1CCOC(C)(C)C1. The van der Waals surface area contributed by atoms with Crippen LogP contribution in [0.1, 0.15) is 40.5 Å². The zero-order chi connectivity index (χ0) is 12.2. The lowest BCUT2D eigenvalue weighted by Gasteiger charge is -2.37. The Hall–Kier alpha value is -0.610. The average Bonchev–Trinajstić information content (AvgIpc) is 2.16. The Bertz CT molecular complexity index is 241. The molecule has 94 valence electrons. The highest BCUT2D eigenvalue weighted by molar-refractivity contribution is 5.81. The van der Waals surface area contributed by atoms with Crippen LogP contribution >= 0.6 is 0 Å². The molecule has 1 heterocycles. The molecule has 0 bridgehead atoms. The van der Waals surface area contributed by atoms with Gasteiger partial charge < -0.3 is 15.4 Å². The highest BCUT2D eigenvalue weighted by Gasteiger charge is 2.30. The van der Waals surface area contributed by atoms with Gasteiger partial charge in [0.15, 0.2) is 0 Å². The fraction of sp³-hybridized carbons (Fsp3) is 0.917. The van der Waals surface area contributed by atoms with E-state index in [1.807, 2.05) is 13.8 Å². The molecule has 2 N–H and O–H groups in total. The first-order chi connectivity index (χ1) is 7.44. The first-order valence-electron chi connectivity index (χ1n) is 6.12. The van der Waals surface area contributed by atoms with E-state index in [1.165, 1.54) is 0 Å². The predicted molar refractivity (Wildman–Crippen MR) is 64.3 cm³/mol. The molecular formula is C12H24N2O2. The summed E-state index contributed by atoms with van der Waals surface area (Å²) in [6.45, 7) is 9.49. The molecule has 0 saturated carbocycles. The zero-order valence-corrected chi connectivity index (χ0v) is 10.8. The molecule has 1 amide bonds. The summed E-state index contributed by atoms with van der Waals surface area (Å²) in [4.78, 5) is 11.6. The number of rotatable bonds is 4. The minimum absolute atomic E-state index is 0.0726. The maximum atomic E-state index is 11.6. The van der Waals surface area contributed by atoms with Crippen LogP contribution in [0.5, 0.6) is 0 Å². The van der Waals surface area contributed by atoms with Crippen molar-refractivity contribution in [1.29, 1.82) is 0 Å². The maximum Gasteiger partial charge on any atom is 0.236 e. The molecule has 16 heavy (non-hydrogen) atoms. The quantitative estimate of drug-likeness (QED) is 0.756. The van der Waals surface area contributed by atoms with Crippen molar-refractivity contribution in [3.05, 3.63) is 0 Å². The third-order valence-electron chi connectivity index (χ3n) is 2.93. The van der Waals surface area contributed by atoms with Gasteiger partial charge in [-0.05, 0) is 40.5 Å². The van der Waals surface area contributed by atoms with Gasteiger partial charge >= 0.3 is 0 Å². The van der Waals surface area contributed by atoms with Crippen LogP contribution in [0.3, 0.4) is 0 Å². The molecule has 1 saturated heterocycles. The minimum atomic E-state index is -0.126. The number of amides is 1. The molecule has 4 nitrogen and oxygen atoms in total. The van der Waals surface area contributed by atoms with Crippen molar-refractivity contribution in [1.82, 2.24) is 10.6 Å². The zero-order valence-electron chi connectivity index (χ0n) is 10.8. The average molecular weight is 228 g/mol. The summed E-state index contributed by atoms with van der Waals surface area (Å²) in [7, 11) is 0. The van der Waals surface area contributed by atoms with Crippen molar-refractivity contribution in [3.63, 3.8) is 0 Å². The lowest BCUT2D eigenvalue weighted by molar-refractivity contribution is -0.123. The second-order valence-corrected chi connectivity index (χ2v) is 5.08. The standard InChI is InChI=1S/C12H24N2O2/c1-5-13-11(15)9(2)14-10-6-7-16-12(3,4)8-10/h9-10,14H,5-8H2,1-4H3,(H,13,15). The van der Waals surface area contributed by atoms with E-state index in [0.29, 0.717) is 12.6 Å². The van der Waals surface area contributed by atoms with Crippen molar-refractivity contribution in [3.8, 4) is 0 Å². The van der Waals surface area contributed by atoms with Gasteiger partial charge in [-0.2, -0.15) is 0 Å². The molecule has 1 rings (SSSR count). The van der Waals surface area contributed by atoms with Gasteiger partial charge in [0.2, 0.25) is 5.91 Å². The van der Waals surface area contributed by atoms with Crippen LogP contribution in [0.15, 0.2) is 0 Å². The molecule has 0 aliphatic carbocycles. The van der Waals surface area contributed by atoms with Crippen LogP contribution in [0, 0.1) is 0 Å². The first-order valence-corrected chi connectivity index (χ1v) is 6.12. The Morgan fingerprint density at radius 3 is 2.81 bits per heavy atom. The van der Waals surface area contributed by atoms with Crippen LogP contribution in [0.4, 0.5) is 0 Å². The van der Waals surface area contributed by atoms with E-state index in [2.05, 4.69) is 24.5 Å². The van der Waals surface area contributed by atoms with Gasteiger partial charge in [0.25, 0.3) is 0 Å². The van der Waals surface area contributed by atoms with Crippen LogP contribution < -0.4 is 10.6 Å². The Kier molecular flexibility index (Phi) is 4.74. The molecule has 1 aliphatic heterocycles. The molecular weight excluding hydrogens is 204 g/mol. The maximum absolute atomic E-state index is 11.6. The van der Waals surface area contributed by atoms with Gasteiger partial charge in [-0.15, -0.1) is 0 Å². The van der Waals surface area contributed by atoms with Crippen LogP contribution in [-0.2, 0) is 9.53 Å². The molecule has 2 atom stereocenters. The molecule has 2 unspecified atom stereocenters. The van der Waals surface area contributed by atoms with Crippen LogP contribution in [-0.4, -0.2) is 36.7 Å². The number of ether oxygens (including phenoxy) is 1. The van der Waals surface area contributed by atoms with Gasteiger partial charge in [-0.1, -0.05) is 0 Å². The van der Waals surface area contributed by atoms with Gasteiger partial charge in [0.1, 0.15) is 0 Å². The normalized spacial score (nSPS) is 26.1. The topological polar surface area (TPSA) is 50.4 Å². The van der Waals surface area contributed by atoms with Crippen molar-refractivity contribution < 1.29 is 9.53 Å². The van der Waals surface area contributed by atoms with Crippen molar-refractivity contribution in [2.75, 3.05) is 13.2 Å². The summed E-state index contributed by atoms with van der Waals surface area (Å²) < 4.78 is 5.64. The second kappa shape index (κ2) is 5.64. The summed E-state index contributed by atoms with van der Waals surface area (Å²) in [6, 6.07) is 0.250.